The summed E-state index contributed by atoms with van der Waals surface area (Å²) in [5.41, 5.74) is 2.30. The molecule has 0 fully saturated rings. The molecular weight excluding hydrogens is 454 g/mol. The molecule has 9 nitrogen and oxygen atoms in total. The molecule has 0 saturated carbocycles. The smallest absolute Gasteiger partial charge is 0.335 e. The van der Waals surface area contributed by atoms with Crippen molar-refractivity contribution in [1.82, 2.24) is 20.1 Å². The summed E-state index contributed by atoms with van der Waals surface area (Å²) in [5.74, 6) is -0.722. The predicted molar refractivity (Wildman–Crippen MR) is 130 cm³/mol. The Bertz CT molecular complexity index is 1170. The summed E-state index contributed by atoms with van der Waals surface area (Å²) in [6.07, 6.45) is 0. The third-order valence-corrected chi connectivity index (χ3v) is 6.18. The number of nitrogens with one attached hydrogen (secondary N) is 2. The van der Waals surface area contributed by atoms with E-state index in [1.807, 2.05) is 32.9 Å². The Balaban J connectivity index is 1.63. The molecule has 2 amide bonds. The molecule has 0 aliphatic carbocycles. The molecule has 1 atom stereocenters. The summed E-state index contributed by atoms with van der Waals surface area (Å²) < 4.78 is 1.78. The van der Waals surface area contributed by atoms with E-state index in [1.165, 1.54) is 36.0 Å². The molecule has 3 aromatic rings. The first-order valence-corrected chi connectivity index (χ1v) is 11.7. The Kier molecular flexibility index (Phi) is 8.06. The minimum atomic E-state index is -1.03. The largest absolute Gasteiger partial charge is 0.478 e. The highest BCUT2D eigenvalue weighted by atomic mass is 32.2. The molecule has 10 heteroatoms. The quantitative estimate of drug-likeness (QED) is 0.398. The molecular formula is C24H27N5O4S. The number of carbonyl (C=O) groups excluding carboxylic acids is 2. The van der Waals surface area contributed by atoms with Crippen molar-refractivity contribution in [1.29, 1.82) is 0 Å². The normalized spacial score (nSPS) is 11.8. The summed E-state index contributed by atoms with van der Waals surface area (Å²) in [6.45, 7) is 5.95. The molecule has 178 valence electrons. The number of carboxylic acids is 1. The summed E-state index contributed by atoms with van der Waals surface area (Å²) in [7, 11) is 1.80. The molecule has 1 aromatic heterocycles. The number of nitrogens with zero attached hydrogens (tertiary/aromatic N) is 3. The van der Waals surface area contributed by atoms with Gasteiger partial charge in [-0.3, -0.25) is 9.59 Å². The third kappa shape index (κ3) is 6.22. The van der Waals surface area contributed by atoms with Crippen LogP contribution >= 0.6 is 11.8 Å². The lowest BCUT2D eigenvalue weighted by Crippen LogP contribution is -2.33. The van der Waals surface area contributed by atoms with Crippen LogP contribution in [-0.4, -0.2) is 43.4 Å². The van der Waals surface area contributed by atoms with Crippen molar-refractivity contribution in [3.63, 3.8) is 0 Å². The number of hydrogen-bond donors (Lipinski definition) is 3. The molecule has 3 rings (SSSR count). The molecule has 0 radical (unpaired) electrons. The van der Waals surface area contributed by atoms with Crippen LogP contribution in [0.5, 0.6) is 0 Å². The number of anilines is 1. The van der Waals surface area contributed by atoms with Gasteiger partial charge in [0.05, 0.1) is 17.4 Å². The molecule has 2 aromatic carbocycles. The van der Waals surface area contributed by atoms with Crippen LogP contribution < -0.4 is 10.6 Å². The van der Waals surface area contributed by atoms with E-state index in [0.717, 1.165) is 5.56 Å². The summed E-state index contributed by atoms with van der Waals surface area (Å²) in [5, 5.41) is 23.7. The van der Waals surface area contributed by atoms with Crippen molar-refractivity contribution in [2.75, 3.05) is 11.1 Å². The Morgan fingerprint density at radius 2 is 1.62 bits per heavy atom. The average Bonchev–Trinajstić information content (AvgIpc) is 3.16. The standard InChI is InChI=1S/C24H27N5O4S/c1-14(2)20(26-22(31)16-7-5-15(3)6-8-16)21-27-28-24(29(21)4)34-13-19(30)25-18-11-9-17(10-12-18)23(32)33/h5-12,14,20H,13H2,1-4H3,(H,25,30)(H,26,31)(H,32,33). The Morgan fingerprint density at radius 1 is 1.00 bits per heavy atom. The second-order valence-corrected chi connectivity index (χ2v) is 9.12. The van der Waals surface area contributed by atoms with Gasteiger partial charge in [0.1, 0.15) is 0 Å². The predicted octanol–water partition coefficient (Wildman–Crippen LogP) is 3.68. The molecule has 0 saturated heterocycles. The number of benzene rings is 2. The Labute approximate surface area is 202 Å². The number of thioether (sulfide) groups is 1. The van der Waals surface area contributed by atoms with Gasteiger partial charge in [-0.2, -0.15) is 0 Å². The molecule has 34 heavy (non-hydrogen) atoms. The number of aromatic carboxylic acids is 1. The highest BCUT2D eigenvalue weighted by Gasteiger charge is 2.25. The fraction of sp³-hybridized carbons (Fsp3) is 0.292. The molecule has 0 spiro atoms. The highest BCUT2D eigenvalue weighted by Crippen LogP contribution is 2.24. The van der Waals surface area contributed by atoms with Gasteiger partial charge in [0.2, 0.25) is 5.91 Å². The zero-order valence-corrected chi connectivity index (χ0v) is 20.2. The van der Waals surface area contributed by atoms with Crippen LogP contribution in [0.3, 0.4) is 0 Å². The maximum atomic E-state index is 12.7. The summed E-state index contributed by atoms with van der Waals surface area (Å²) in [6, 6.07) is 12.9. The van der Waals surface area contributed by atoms with Gasteiger partial charge in [-0.1, -0.05) is 43.3 Å². The minimum Gasteiger partial charge on any atom is -0.478 e. The van der Waals surface area contributed by atoms with Gasteiger partial charge in [-0.15, -0.1) is 10.2 Å². The van der Waals surface area contributed by atoms with Crippen molar-refractivity contribution < 1.29 is 19.5 Å². The van der Waals surface area contributed by atoms with E-state index in [0.29, 0.717) is 22.2 Å². The lowest BCUT2D eigenvalue weighted by atomic mass is 10.0. The van der Waals surface area contributed by atoms with Crippen LogP contribution in [0.15, 0.2) is 53.7 Å². The van der Waals surface area contributed by atoms with Crippen LogP contribution in [0.1, 0.15) is 52.0 Å². The zero-order chi connectivity index (χ0) is 24.8. The van der Waals surface area contributed by atoms with Gasteiger partial charge in [-0.05, 0) is 49.2 Å². The first-order chi connectivity index (χ1) is 16.2. The first-order valence-electron chi connectivity index (χ1n) is 10.7. The van der Waals surface area contributed by atoms with E-state index in [-0.39, 0.29) is 35.1 Å². The van der Waals surface area contributed by atoms with E-state index in [9.17, 15) is 14.4 Å². The van der Waals surface area contributed by atoms with Gasteiger partial charge in [-0.25, -0.2) is 4.79 Å². The molecule has 0 bridgehead atoms. The number of aromatic nitrogens is 3. The molecule has 1 heterocycles. The molecule has 1 unspecified atom stereocenters. The number of aryl methyl sites for hydroxylation is 1. The highest BCUT2D eigenvalue weighted by molar-refractivity contribution is 7.99. The average molecular weight is 482 g/mol. The van der Waals surface area contributed by atoms with E-state index in [2.05, 4.69) is 20.8 Å². The van der Waals surface area contributed by atoms with Gasteiger partial charge >= 0.3 is 5.97 Å². The van der Waals surface area contributed by atoms with Gasteiger partial charge in [0.25, 0.3) is 5.91 Å². The second-order valence-electron chi connectivity index (χ2n) is 8.18. The van der Waals surface area contributed by atoms with Crippen molar-refractivity contribution in [2.45, 2.75) is 32.0 Å². The summed E-state index contributed by atoms with van der Waals surface area (Å²) >= 11 is 1.22. The van der Waals surface area contributed by atoms with Gasteiger partial charge in [0.15, 0.2) is 11.0 Å². The topological polar surface area (TPSA) is 126 Å². The van der Waals surface area contributed by atoms with E-state index >= 15 is 0 Å². The van der Waals surface area contributed by atoms with Gasteiger partial charge < -0.3 is 20.3 Å². The number of carboxylic acid groups (broad SMARTS) is 1. The Morgan fingerprint density at radius 3 is 2.21 bits per heavy atom. The second kappa shape index (κ2) is 11.0. The minimum absolute atomic E-state index is 0.0622. The van der Waals surface area contributed by atoms with Crippen molar-refractivity contribution in [3.05, 3.63) is 71.0 Å². The van der Waals surface area contributed by atoms with Gasteiger partial charge in [0, 0.05) is 18.3 Å². The van der Waals surface area contributed by atoms with Crippen LogP contribution in [0.25, 0.3) is 0 Å². The SMILES string of the molecule is Cc1ccc(C(=O)NC(c2nnc(SCC(=O)Nc3ccc(C(=O)O)cc3)n2C)C(C)C)cc1. The summed E-state index contributed by atoms with van der Waals surface area (Å²) in [4.78, 5) is 36.0. The number of rotatable bonds is 9. The van der Waals surface area contributed by atoms with E-state index < -0.39 is 5.97 Å². The van der Waals surface area contributed by atoms with Crippen molar-refractivity contribution in [3.8, 4) is 0 Å². The third-order valence-electron chi connectivity index (χ3n) is 5.16. The van der Waals surface area contributed by atoms with E-state index in [4.69, 9.17) is 5.11 Å². The monoisotopic (exact) mass is 481 g/mol. The lowest BCUT2D eigenvalue weighted by molar-refractivity contribution is -0.113. The van der Waals surface area contributed by atoms with Crippen LogP contribution in [0.4, 0.5) is 5.69 Å². The zero-order valence-electron chi connectivity index (χ0n) is 19.4. The molecule has 0 aliphatic heterocycles. The fourth-order valence-electron chi connectivity index (χ4n) is 3.20. The van der Waals surface area contributed by atoms with Crippen molar-refractivity contribution in [2.24, 2.45) is 13.0 Å². The maximum Gasteiger partial charge on any atom is 0.335 e. The molecule has 0 aliphatic rings. The number of hydrogen-bond acceptors (Lipinski definition) is 6. The fourth-order valence-corrected chi connectivity index (χ4v) is 3.92. The number of carbonyl (C=O) groups is 3. The van der Waals surface area contributed by atoms with E-state index in [1.54, 1.807) is 23.7 Å². The maximum absolute atomic E-state index is 12.7. The molecule has 3 N–H and O–H groups in total. The first kappa shape index (κ1) is 25.0. The lowest BCUT2D eigenvalue weighted by Gasteiger charge is -2.21. The number of amides is 2. The van der Waals surface area contributed by atoms with Crippen molar-refractivity contribution >= 4 is 35.2 Å². The van der Waals surface area contributed by atoms with Crippen LogP contribution in [-0.2, 0) is 11.8 Å². The van der Waals surface area contributed by atoms with Crippen LogP contribution in [0, 0.1) is 12.8 Å². The Hall–Kier alpha value is -3.66. The van der Waals surface area contributed by atoms with Crippen LogP contribution in [0.2, 0.25) is 0 Å².